The summed E-state index contributed by atoms with van der Waals surface area (Å²) < 4.78 is 0. The number of aryl methyl sites for hydroxylation is 1. The van der Waals surface area contributed by atoms with Gasteiger partial charge in [-0.05, 0) is 19.3 Å². The van der Waals surface area contributed by atoms with Crippen LogP contribution in [0, 0.1) is 5.92 Å². The van der Waals surface area contributed by atoms with Crippen molar-refractivity contribution in [3.05, 3.63) is 17.5 Å². The molecule has 1 unspecified atom stereocenters. The van der Waals surface area contributed by atoms with Crippen molar-refractivity contribution in [3.63, 3.8) is 0 Å². The van der Waals surface area contributed by atoms with E-state index < -0.39 is 0 Å². The van der Waals surface area contributed by atoms with E-state index in [2.05, 4.69) is 15.3 Å². The van der Waals surface area contributed by atoms with E-state index in [1.807, 2.05) is 13.8 Å². The monoisotopic (exact) mass is 247 g/mol. The van der Waals surface area contributed by atoms with Gasteiger partial charge in [0, 0.05) is 18.5 Å². The summed E-state index contributed by atoms with van der Waals surface area (Å²) in [4.78, 5) is 31.6. The summed E-state index contributed by atoms with van der Waals surface area (Å²) in [5.41, 5.74) is 1.35. The Kier molecular flexibility index (Phi) is 3.69. The Hall–Kier alpha value is -1.78. The van der Waals surface area contributed by atoms with E-state index in [4.69, 9.17) is 0 Å². The third-order valence-electron chi connectivity index (χ3n) is 3.28. The average molecular weight is 247 g/mol. The van der Waals surface area contributed by atoms with Crippen LogP contribution in [0.15, 0.2) is 6.20 Å². The van der Waals surface area contributed by atoms with Gasteiger partial charge in [-0.3, -0.25) is 14.9 Å². The molecule has 0 bridgehead atoms. The maximum absolute atomic E-state index is 11.7. The SMILES string of the molecule is CCC(C)C(=O)Nc1ncc2c(n1)CCCC2=O. The largest absolute Gasteiger partial charge is 0.294 e. The van der Waals surface area contributed by atoms with Crippen LogP contribution in [-0.4, -0.2) is 21.7 Å². The number of carbonyl (C=O) groups excluding carboxylic acids is 2. The van der Waals surface area contributed by atoms with Crippen molar-refractivity contribution in [3.8, 4) is 0 Å². The van der Waals surface area contributed by atoms with Gasteiger partial charge in [0.05, 0.1) is 11.3 Å². The van der Waals surface area contributed by atoms with Gasteiger partial charge in [-0.15, -0.1) is 0 Å². The minimum Gasteiger partial charge on any atom is -0.294 e. The number of rotatable bonds is 3. The highest BCUT2D eigenvalue weighted by Gasteiger charge is 2.20. The van der Waals surface area contributed by atoms with E-state index >= 15 is 0 Å². The molecule has 1 aliphatic rings. The van der Waals surface area contributed by atoms with E-state index in [9.17, 15) is 9.59 Å². The van der Waals surface area contributed by atoms with Crippen molar-refractivity contribution in [1.82, 2.24) is 9.97 Å². The number of carbonyl (C=O) groups is 2. The van der Waals surface area contributed by atoms with Gasteiger partial charge < -0.3 is 0 Å². The van der Waals surface area contributed by atoms with Crippen molar-refractivity contribution in [1.29, 1.82) is 0 Å². The van der Waals surface area contributed by atoms with Gasteiger partial charge in [0.25, 0.3) is 0 Å². The second kappa shape index (κ2) is 5.25. The summed E-state index contributed by atoms with van der Waals surface area (Å²) in [5, 5.41) is 2.69. The lowest BCUT2D eigenvalue weighted by molar-refractivity contribution is -0.119. The van der Waals surface area contributed by atoms with E-state index in [-0.39, 0.29) is 17.6 Å². The standard InChI is InChI=1S/C13H17N3O2/c1-3-8(2)12(18)16-13-14-7-9-10(15-13)5-4-6-11(9)17/h7-8H,3-6H2,1-2H3,(H,14,15,16,18). The second-order valence-corrected chi connectivity index (χ2v) is 4.63. The van der Waals surface area contributed by atoms with Crippen LogP contribution < -0.4 is 5.32 Å². The smallest absolute Gasteiger partial charge is 0.229 e. The molecule has 1 aliphatic carbocycles. The zero-order valence-electron chi connectivity index (χ0n) is 10.7. The molecule has 1 N–H and O–H groups in total. The van der Waals surface area contributed by atoms with E-state index in [1.165, 1.54) is 6.20 Å². The summed E-state index contributed by atoms with van der Waals surface area (Å²) in [5.74, 6) is 0.246. The number of fused-ring (bicyclic) bond motifs is 1. The van der Waals surface area contributed by atoms with Crippen LogP contribution in [0.1, 0.15) is 49.2 Å². The second-order valence-electron chi connectivity index (χ2n) is 4.63. The van der Waals surface area contributed by atoms with E-state index in [0.717, 1.165) is 25.0 Å². The molecule has 2 rings (SSSR count). The Bertz CT molecular complexity index is 485. The number of ketones is 1. The van der Waals surface area contributed by atoms with Crippen LogP contribution in [0.3, 0.4) is 0 Å². The molecule has 0 aliphatic heterocycles. The number of nitrogens with zero attached hydrogens (tertiary/aromatic N) is 2. The molecule has 1 aromatic heterocycles. The molecule has 5 heteroatoms. The highest BCUT2D eigenvalue weighted by molar-refractivity contribution is 5.98. The molecule has 96 valence electrons. The summed E-state index contributed by atoms with van der Waals surface area (Å²) in [6.45, 7) is 3.81. The van der Waals surface area contributed by atoms with E-state index in [1.54, 1.807) is 0 Å². The summed E-state index contributed by atoms with van der Waals surface area (Å²) in [6.07, 6.45) is 4.46. The minimum atomic E-state index is -0.0837. The van der Waals surface area contributed by atoms with Gasteiger partial charge in [0.2, 0.25) is 11.9 Å². The van der Waals surface area contributed by atoms with Crippen molar-refractivity contribution >= 4 is 17.6 Å². The molecule has 1 heterocycles. The number of nitrogens with one attached hydrogen (secondary N) is 1. The van der Waals surface area contributed by atoms with Crippen LogP contribution in [-0.2, 0) is 11.2 Å². The lowest BCUT2D eigenvalue weighted by atomic mass is 9.96. The maximum Gasteiger partial charge on any atom is 0.229 e. The Morgan fingerprint density at radius 1 is 1.50 bits per heavy atom. The van der Waals surface area contributed by atoms with Gasteiger partial charge >= 0.3 is 0 Å². The van der Waals surface area contributed by atoms with Crippen molar-refractivity contribution < 1.29 is 9.59 Å². The van der Waals surface area contributed by atoms with Crippen LogP contribution in [0.4, 0.5) is 5.95 Å². The van der Waals surface area contributed by atoms with Gasteiger partial charge in [-0.25, -0.2) is 9.97 Å². The Labute approximate surface area is 106 Å². The van der Waals surface area contributed by atoms with Crippen LogP contribution in [0.2, 0.25) is 0 Å². The summed E-state index contributed by atoms with van der Waals surface area (Å²) in [6, 6.07) is 0. The first-order chi connectivity index (χ1) is 8.61. The molecule has 0 aromatic carbocycles. The van der Waals surface area contributed by atoms with Crippen molar-refractivity contribution in [2.75, 3.05) is 5.32 Å². The van der Waals surface area contributed by atoms with Gasteiger partial charge in [-0.2, -0.15) is 0 Å². The number of hydrogen-bond donors (Lipinski definition) is 1. The highest BCUT2D eigenvalue weighted by atomic mass is 16.2. The Morgan fingerprint density at radius 2 is 2.28 bits per heavy atom. The molecular formula is C13H17N3O2. The highest BCUT2D eigenvalue weighted by Crippen LogP contribution is 2.19. The molecule has 1 atom stereocenters. The molecule has 0 radical (unpaired) electrons. The lowest BCUT2D eigenvalue weighted by Gasteiger charge is -2.14. The third kappa shape index (κ3) is 2.55. The van der Waals surface area contributed by atoms with Crippen LogP contribution >= 0.6 is 0 Å². The molecule has 0 saturated heterocycles. The first kappa shape index (κ1) is 12.7. The molecule has 18 heavy (non-hydrogen) atoms. The molecule has 5 nitrogen and oxygen atoms in total. The molecular weight excluding hydrogens is 230 g/mol. The van der Waals surface area contributed by atoms with Crippen molar-refractivity contribution in [2.45, 2.75) is 39.5 Å². The molecule has 0 spiro atoms. The Morgan fingerprint density at radius 3 is 3.00 bits per heavy atom. The lowest BCUT2D eigenvalue weighted by Crippen LogP contribution is -2.22. The van der Waals surface area contributed by atoms with Gasteiger partial charge in [0.15, 0.2) is 5.78 Å². The van der Waals surface area contributed by atoms with Crippen molar-refractivity contribution in [2.24, 2.45) is 5.92 Å². The predicted molar refractivity (Wildman–Crippen MR) is 67.4 cm³/mol. The van der Waals surface area contributed by atoms with E-state index in [0.29, 0.717) is 17.9 Å². The summed E-state index contributed by atoms with van der Waals surface area (Å²) in [7, 11) is 0. The van der Waals surface area contributed by atoms with Crippen LogP contribution in [0.5, 0.6) is 0 Å². The van der Waals surface area contributed by atoms with Gasteiger partial charge in [-0.1, -0.05) is 13.8 Å². The zero-order chi connectivity index (χ0) is 13.1. The maximum atomic E-state index is 11.7. The quantitative estimate of drug-likeness (QED) is 0.886. The number of aromatic nitrogens is 2. The third-order valence-corrected chi connectivity index (χ3v) is 3.28. The molecule has 0 saturated carbocycles. The first-order valence-corrected chi connectivity index (χ1v) is 6.31. The number of hydrogen-bond acceptors (Lipinski definition) is 4. The average Bonchev–Trinajstić information content (AvgIpc) is 2.38. The predicted octanol–water partition coefficient (Wildman–Crippen LogP) is 1.98. The number of anilines is 1. The fraction of sp³-hybridized carbons (Fsp3) is 0.538. The zero-order valence-corrected chi connectivity index (χ0v) is 10.7. The molecule has 1 aromatic rings. The first-order valence-electron chi connectivity index (χ1n) is 6.31. The number of amides is 1. The Balaban J connectivity index is 2.16. The van der Waals surface area contributed by atoms with Gasteiger partial charge in [0.1, 0.15) is 0 Å². The van der Waals surface area contributed by atoms with Crippen LogP contribution in [0.25, 0.3) is 0 Å². The summed E-state index contributed by atoms with van der Waals surface area (Å²) >= 11 is 0. The fourth-order valence-corrected chi connectivity index (χ4v) is 1.87. The normalized spacial score (nSPS) is 16.0. The fourth-order valence-electron chi connectivity index (χ4n) is 1.87. The molecule has 0 fully saturated rings. The topological polar surface area (TPSA) is 72.0 Å². The minimum absolute atomic E-state index is 0.0636. The number of Topliss-reactive ketones (excluding diaryl/α,β-unsaturated/α-hetero) is 1. The molecule has 1 amide bonds.